The van der Waals surface area contributed by atoms with E-state index >= 15 is 0 Å². The number of carbonyl (C=O) groups is 1. The summed E-state index contributed by atoms with van der Waals surface area (Å²) in [5.41, 5.74) is 0.441. The zero-order valence-corrected chi connectivity index (χ0v) is 12.2. The van der Waals surface area contributed by atoms with Crippen LogP contribution >= 0.6 is 0 Å². The summed E-state index contributed by atoms with van der Waals surface area (Å²) < 4.78 is 0. The van der Waals surface area contributed by atoms with Crippen molar-refractivity contribution in [1.29, 1.82) is 0 Å². The molecule has 0 spiro atoms. The number of nitrogens with one attached hydrogen (secondary N) is 1. The first-order chi connectivity index (χ1) is 8.40. The molecule has 1 saturated heterocycles. The van der Waals surface area contributed by atoms with Gasteiger partial charge in [-0.25, -0.2) is 0 Å². The molecule has 0 aromatic heterocycles. The van der Waals surface area contributed by atoms with Crippen molar-refractivity contribution in [3.63, 3.8) is 0 Å². The maximum Gasteiger partial charge on any atom is 0.243 e. The first-order valence-electron chi connectivity index (χ1n) is 7.06. The number of hydrogen-bond donors (Lipinski definition) is 1. The monoisotopic (exact) mass is 252 g/mol. The molecule has 1 aliphatic heterocycles. The Hall–Kier alpha value is -0.830. The van der Waals surface area contributed by atoms with Gasteiger partial charge in [-0.3, -0.25) is 4.79 Å². The van der Waals surface area contributed by atoms with Gasteiger partial charge in [0.1, 0.15) is 0 Å². The molecule has 104 valence electrons. The van der Waals surface area contributed by atoms with Crippen molar-refractivity contribution in [2.75, 3.05) is 19.6 Å². The summed E-state index contributed by atoms with van der Waals surface area (Å²) >= 11 is 0. The van der Waals surface area contributed by atoms with Crippen LogP contribution in [0.15, 0.2) is 12.7 Å². The van der Waals surface area contributed by atoms with E-state index in [0.717, 1.165) is 25.9 Å². The Balaban J connectivity index is 2.15. The Labute approximate surface area is 112 Å². The van der Waals surface area contributed by atoms with Gasteiger partial charge in [0.15, 0.2) is 0 Å². The van der Waals surface area contributed by atoms with Gasteiger partial charge < -0.3 is 10.2 Å². The van der Waals surface area contributed by atoms with E-state index in [0.29, 0.717) is 11.5 Å². The van der Waals surface area contributed by atoms with Crippen LogP contribution in [0.25, 0.3) is 0 Å². The van der Waals surface area contributed by atoms with E-state index < -0.39 is 0 Å². The Morgan fingerprint density at radius 1 is 1.39 bits per heavy atom. The Morgan fingerprint density at radius 2 is 2.00 bits per heavy atom. The molecule has 1 heterocycles. The zero-order valence-electron chi connectivity index (χ0n) is 12.2. The third-order valence-electron chi connectivity index (χ3n) is 3.52. The van der Waals surface area contributed by atoms with E-state index in [-0.39, 0.29) is 5.91 Å². The lowest BCUT2D eigenvalue weighted by atomic mass is 9.90. The average molecular weight is 252 g/mol. The summed E-state index contributed by atoms with van der Waals surface area (Å²) in [4.78, 5) is 13.7. The topological polar surface area (TPSA) is 32.3 Å². The molecule has 1 amide bonds. The summed E-state index contributed by atoms with van der Waals surface area (Å²) in [6.07, 6.45) is 6.03. The Bertz CT molecular complexity index is 273. The molecule has 0 aromatic rings. The van der Waals surface area contributed by atoms with Crippen LogP contribution < -0.4 is 5.32 Å². The first-order valence-corrected chi connectivity index (χ1v) is 7.06. The lowest BCUT2D eigenvalue weighted by Gasteiger charge is -2.32. The van der Waals surface area contributed by atoms with Crippen molar-refractivity contribution in [2.24, 2.45) is 5.41 Å². The van der Waals surface area contributed by atoms with E-state index in [9.17, 15) is 4.79 Å². The maximum absolute atomic E-state index is 11.2. The Morgan fingerprint density at radius 3 is 2.50 bits per heavy atom. The maximum atomic E-state index is 11.2. The van der Waals surface area contributed by atoms with Crippen molar-refractivity contribution in [2.45, 2.75) is 52.5 Å². The van der Waals surface area contributed by atoms with Crippen molar-refractivity contribution >= 4 is 5.91 Å². The molecule has 18 heavy (non-hydrogen) atoms. The molecule has 1 fully saturated rings. The predicted molar refractivity (Wildman–Crippen MR) is 76.5 cm³/mol. The minimum atomic E-state index is -0.0406. The van der Waals surface area contributed by atoms with Gasteiger partial charge in [-0.05, 0) is 43.7 Å². The van der Waals surface area contributed by atoms with Gasteiger partial charge in [-0.15, -0.1) is 0 Å². The van der Waals surface area contributed by atoms with Crippen LogP contribution in [0.3, 0.4) is 0 Å². The number of amides is 1. The van der Waals surface area contributed by atoms with E-state index in [1.54, 1.807) is 0 Å². The molecule has 0 saturated carbocycles. The summed E-state index contributed by atoms with van der Waals surface area (Å²) in [6, 6.07) is 0.342. The van der Waals surface area contributed by atoms with Crippen LogP contribution in [0.5, 0.6) is 0 Å². The number of carbonyl (C=O) groups excluding carboxylic acids is 1. The van der Waals surface area contributed by atoms with Crippen molar-refractivity contribution in [1.82, 2.24) is 10.2 Å². The molecule has 1 aliphatic rings. The SMILES string of the molecule is C=CC(=O)NC1CCN(CCCC(C)(C)C)CC1. The highest BCUT2D eigenvalue weighted by Crippen LogP contribution is 2.21. The number of piperidine rings is 1. The van der Waals surface area contributed by atoms with Gasteiger partial charge in [0, 0.05) is 19.1 Å². The second-order valence-corrected chi connectivity index (χ2v) is 6.49. The van der Waals surface area contributed by atoms with E-state index in [1.165, 1.54) is 25.5 Å². The first kappa shape index (κ1) is 15.2. The summed E-state index contributed by atoms with van der Waals surface area (Å²) in [6.45, 7) is 13.8. The minimum absolute atomic E-state index is 0.0406. The van der Waals surface area contributed by atoms with Crippen LogP contribution in [0, 0.1) is 5.41 Å². The van der Waals surface area contributed by atoms with Crippen molar-refractivity contribution < 1.29 is 4.79 Å². The molecule has 3 nitrogen and oxygen atoms in total. The summed E-state index contributed by atoms with van der Waals surface area (Å²) in [5.74, 6) is -0.0406. The normalized spacial score (nSPS) is 18.6. The largest absolute Gasteiger partial charge is 0.350 e. The summed E-state index contributed by atoms with van der Waals surface area (Å²) in [7, 11) is 0. The molecular weight excluding hydrogens is 224 g/mol. The molecule has 0 radical (unpaired) electrons. The Kier molecular flexibility index (Phi) is 5.86. The van der Waals surface area contributed by atoms with Crippen molar-refractivity contribution in [3.05, 3.63) is 12.7 Å². The zero-order chi connectivity index (χ0) is 13.6. The van der Waals surface area contributed by atoms with Gasteiger partial charge in [0.25, 0.3) is 0 Å². The van der Waals surface area contributed by atoms with Gasteiger partial charge in [0.05, 0.1) is 0 Å². The van der Waals surface area contributed by atoms with Gasteiger partial charge in [-0.1, -0.05) is 27.4 Å². The summed E-state index contributed by atoms with van der Waals surface area (Å²) in [5, 5.41) is 2.99. The fourth-order valence-corrected chi connectivity index (χ4v) is 2.39. The highest BCUT2D eigenvalue weighted by Gasteiger charge is 2.20. The smallest absolute Gasteiger partial charge is 0.243 e. The van der Waals surface area contributed by atoms with Crippen molar-refractivity contribution in [3.8, 4) is 0 Å². The second kappa shape index (κ2) is 6.93. The molecule has 3 heteroatoms. The van der Waals surface area contributed by atoms with Crippen LogP contribution in [-0.4, -0.2) is 36.5 Å². The molecule has 0 bridgehead atoms. The van der Waals surface area contributed by atoms with E-state index in [2.05, 4.69) is 37.6 Å². The van der Waals surface area contributed by atoms with Crippen LogP contribution in [0.2, 0.25) is 0 Å². The molecular formula is C15H28N2O. The van der Waals surface area contributed by atoms with E-state index in [4.69, 9.17) is 0 Å². The molecule has 0 aromatic carbocycles. The van der Waals surface area contributed by atoms with Crippen LogP contribution in [0.4, 0.5) is 0 Å². The minimum Gasteiger partial charge on any atom is -0.350 e. The molecule has 0 unspecified atom stereocenters. The molecule has 0 atom stereocenters. The number of rotatable bonds is 5. The lowest BCUT2D eigenvalue weighted by Crippen LogP contribution is -2.44. The van der Waals surface area contributed by atoms with Crippen LogP contribution in [-0.2, 0) is 4.79 Å². The quantitative estimate of drug-likeness (QED) is 0.763. The standard InChI is InChI=1S/C15H28N2O/c1-5-14(18)16-13-7-11-17(12-8-13)10-6-9-15(2,3)4/h5,13H,1,6-12H2,2-4H3,(H,16,18). The highest BCUT2D eigenvalue weighted by molar-refractivity contribution is 5.87. The predicted octanol–water partition coefficient (Wildman–Crippen LogP) is 2.58. The fourth-order valence-electron chi connectivity index (χ4n) is 2.39. The molecule has 1 rings (SSSR count). The van der Waals surface area contributed by atoms with Gasteiger partial charge in [0.2, 0.25) is 5.91 Å². The van der Waals surface area contributed by atoms with Gasteiger partial charge >= 0.3 is 0 Å². The third-order valence-corrected chi connectivity index (χ3v) is 3.52. The molecule has 1 N–H and O–H groups in total. The number of hydrogen-bond acceptors (Lipinski definition) is 2. The van der Waals surface area contributed by atoms with Gasteiger partial charge in [-0.2, -0.15) is 0 Å². The van der Waals surface area contributed by atoms with Crippen LogP contribution in [0.1, 0.15) is 46.5 Å². The second-order valence-electron chi connectivity index (χ2n) is 6.49. The number of nitrogens with zero attached hydrogens (tertiary/aromatic N) is 1. The highest BCUT2D eigenvalue weighted by atomic mass is 16.1. The average Bonchev–Trinajstić information content (AvgIpc) is 2.29. The third kappa shape index (κ3) is 6.20. The van der Waals surface area contributed by atoms with E-state index in [1.807, 2.05) is 0 Å². The lowest BCUT2D eigenvalue weighted by molar-refractivity contribution is -0.117. The molecule has 0 aliphatic carbocycles. The fraction of sp³-hybridized carbons (Fsp3) is 0.800. The number of likely N-dealkylation sites (tertiary alicyclic amines) is 1.